The van der Waals surface area contributed by atoms with Crippen LogP contribution in [0, 0.1) is 0 Å². The molecular formula is C18H25N3OS. The molecule has 0 spiro atoms. The van der Waals surface area contributed by atoms with Crippen LogP contribution in [0.4, 0.5) is 0 Å². The Morgan fingerprint density at radius 3 is 2.70 bits per heavy atom. The lowest BCUT2D eigenvalue weighted by molar-refractivity contribution is 0.506. The number of hydrogen-bond donors (Lipinski definition) is 2. The Morgan fingerprint density at radius 1 is 1.17 bits per heavy atom. The van der Waals surface area contributed by atoms with Crippen LogP contribution in [0.15, 0.2) is 58.1 Å². The average molecular weight is 331 g/mol. The second-order valence-electron chi connectivity index (χ2n) is 5.33. The maximum atomic E-state index is 5.36. The van der Waals surface area contributed by atoms with Crippen molar-refractivity contribution in [2.45, 2.75) is 25.1 Å². The third-order valence-electron chi connectivity index (χ3n) is 3.47. The van der Waals surface area contributed by atoms with Gasteiger partial charge in [0, 0.05) is 24.8 Å². The predicted octanol–water partition coefficient (Wildman–Crippen LogP) is 3.31. The summed E-state index contributed by atoms with van der Waals surface area (Å²) in [7, 11) is 0. The van der Waals surface area contributed by atoms with Crippen molar-refractivity contribution in [1.82, 2.24) is 10.6 Å². The number of nitrogens with one attached hydrogen (secondary N) is 2. The number of rotatable bonds is 8. The summed E-state index contributed by atoms with van der Waals surface area (Å²) in [6.07, 6.45) is 4.67. The molecule has 0 fully saturated rings. The van der Waals surface area contributed by atoms with Crippen LogP contribution < -0.4 is 10.6 Å². The minimum atomic E-state index is 0.545. The van der Waals surface area contributed by atoms with E-state index in [0.717, 1.165) is 31.2 Å². The van der Waals surface area contributed by atoms with E-state index in [2.05, 4.69) is 40.9 Å². The number of furan rings is 1. The number of nitrogens with zero attached hydrogens (tertiary/aromatic N) is 1. The highest BCUT2D eigenvalue weighted by Crippen LogP contribution is 2.03. The van der Waals surface area contributed by atoms with Crippen molar-refractivity contribution >= 4 is 17.7 Å². The summed E-state index contributed by atoms with van der Waals surface area (Å²) < 4.78 is 5.36. The van der Waals surface area contributed by atoms with Crippen LogP contribution in [0.5, 0.6) is 0 Å². The molecule has 5 heteroatoms. The standard InChI is InChI=1S/C18H25N3OS/c1-15(23-2)13-20-18(19-11-10-17-9-6-12-22-17)21-14-16-7-4-3-5-8-16/h3-9,12,15H,10-11,13-14H2,1-2H3,(H2,19,20,21). The van der Waals surface area contributed by atoms with Crippen LogP contribution in [0.3, 0.4) is 0 Å². The highest BCUT2D eigenvalue weighted by Gasteiger charge is 2.03. The fourth-order valence-corrected chi connectivity index (χ4v) is 2.26. The quantitative estimate of drug-likeness (QED) is 0.575. The molecule has 1 aromatic heterocycles. The summed E-state index contributed by atoms with van der Waals surface area (Å²) in [5.74, 6) is 1.83. The minimum Gasteiger partial charge on any atom is -0.469 e. The van der Waals surface area contributed by atoms with Gasteiger partial charge in [0.2, 0.25) is 0 Å². The molecule has 0 saturated carbocycles. The van der Waals surface area contributed by atoms with E-state index in [1.807, 2.05) is 42.1 Å². The fraction of sp³-hybridized carbons (Fsp3) is 0.389. The summed E-state index contributed by atoms with van der Waals surface area (Å²) in [5, 5.41) is 7.33. The molecule has 124 valence electrons. The second kappa shape index (κ2) is 10.0. The Balaban J connectivity index is 1.87. The van der Waals surface area contributed by atoms with E-state index < -0.39 is 0 Å². The number of hydrogen-bond acceptors (Lipinski definition) is 3. The number of guanidine groups is 1. The molecule has 23 heavy (non-hydrogen) atoms. The van der Waals surface area contributed by atoms with E-state index in [-0.39, 0.29) is 0 Å². The smallest absolute Gasteiger partial charge is 0.191 e. The SMILES string of the molecule is CSC(C)CNC(=NCc1ccccc1)NCCc1ccco1. The number of aliphatic imine (C=N–C) groups is 1. The van der Waals surface area contributed by atoms with Gasteiger partial charge in [0.05, 0.1) is 12.8 Å². The van der Waals surface area contributed by atoms with Crippen LogP contribution in [0.2, 0.25) is 0 Å². The Hall–Kier alpha value is -1.88. The first-order valence-corrected chi connectivity index (χ1v) is 9.18. The first-order valence-electron chi connectivity index (χ1n) is 7.89. The third kappa shape index (κ3) is 6.82. The lowest BCUT2D eigenvalue weighted by Crippen LogP contribution is -2.41. The molecule has 0 aliphatic heterocycles. The Bertz CT molecular complexity index is 569. The predicted molar refractivity (Wildman–Crippen MR) is 99.0 cm³/mol. The van der Waals surface area contributed by atoms with Crippen LogP contribution in [0.1, 0.15) is 18.2 Å². The molecule has 0 aliphatic rings. The molecule has 0 amide bonds. The van der Waals surface area contributed by atoms with Gasteiger partial charge in [-0.3, -0.25) is 0 Å². The molecule has 1 aromatic carbocycles. The van der Waals surface area contributed by atoms with Crippen molar-refractivity contribution in [1.29, 1.82) is 0 Å². The third-order valence-corrected chi connectivity index (χ3v) is 4.44. The van der Waals surface area contributed by atoms with Gasteiger partial charge in [-0.1, -0.05) is 37.3 Å². The van der Waals surface area contributed by atoms with Crippen LogP contribution in [-0.4, -0.2) is 30.6 Å². The highest BCUT2D eigenvalue weighted by molar-refractivity contribution is 7.99. The molecule has 1 heterocycles. The lowest BCUT2D eigenvalue weighted by atomic mass is 10.2. The monoisotopic (exact) mass is 331 g/mol. The molecule has 4 nitrogen and oxygen atoms in total. The summed E-state index contributed by atoms with van der Waals surface area (Å²) >= 11 is 1.84. The van der Waals surface area contributed by atoms with E-state index in [1.54, 1.807) is 6.26 Å². The van der Waals surface area contributed by atoms with Crippen LogP contribution >= 0.6 is 11.8 Å². The largest absolute Gasteiger partial charge is 0.469 e. The average Bonchev–Trinajstić information content (AvgIpc) is 3.10. The van der Waals surface area contributed by atoms with Crippen molar-refractivity contribution in [2.24, 2.45) is 4.99 Å². The Labute approximate surface area is 142 Å². The van der Waals surface area contributed by atoms with Gasteiger partial charge in [-0.15, -0.1) is 0 Å². The van der Waals surface area contributed by atoms with Crippen molar-refractivity contribution in [3.8, 4) is 0 Å². The summed E-state index contributed by atoms with van der Waals surface area (Å²) in [6, 6.07) is 14.2. The molecule has 2 aromatic rings. The van der Waals surface area contributed by atoms with Gasteiger partial charge in [-0.25, -0.2) is 4.99 Å². The van der Waals surface area contributed by atoms with Crippen molar-refractivity contribution in [3.05, 3.63) is 60.1 Å². The molecule has 2 N–H and O–H groups in total. The zero-order valence-electron chi connectivity index (χ0n) is 13.8. The molecule has 0 aliphatic carbocycles. The van der Waals surface area contributed by atoms with Crippen LogP contribution in [0.25, 0.3) is 0 Å². The molecule has 1 atom stereocenters. The molecule has 0 saturated heterocycles. The zero-order chi connectivity index (χ0) is 16.3. The summed E-state index contributed by atoms with van der Waals surface area (Å²) in [6.45, 7) is 4.56. The minimum absolute atomic E-state index is 0.545. The first-order chi connectivity index (χ1) is 11.3. The van der Waals surface area contributed by atoms with Crippen molar-refractivity contribution in [2.75, 3.05) is 19.3 Å². The first kappa shape index (κ1) is 17.5. The van der Waals surface area contributed by atoms with E-state index in [0.29, 0.717) is 11.8 Å². The molecule has 0 radical (unpaired) electrons. The van der Waals surface area contributed by atoms with E-state index in [4.69, 9.17) is 4.42 Å². The number of benzene rings is 1. The topological polar surface area (TPSA) is 49.6 Å². The molecule has 0 bridgehead atoms. The van der Waals surface area contributed by atoms with E-state index in [1.165, 1.54) is 5.56 Å². The Kier molecular flexibility index (Phi) is 7.60. The Morgan fingerprint density at radius 2 is 2.00 bits per heavy atom. The summed E-state index contributed by atoms with van der Waals surface area (Å²) in [5.41, 5.74) is 1.21. The van der Waals surface area contributed by atoms with Gasteiger partial charge in [-0.05, 0) is 24.0 Å². The summed E-state index contributed by atoms with van der Waals surface area (Å²) in [4.78, 5) is 4.67. The molecular weight excluding hydrogens is 306 g/mol. The zero-order valence-corrected chi connectivity index (χ0v) is 14.6. The second-order valence-corrected chi connectivity index (χ2v) is 6.61. The van der Waals surface area contributed by atoms with Crippen molar-refractivity contribution < 1.29 is 4.42 Å². The van der Waals surface area contributed by atoms with Gasteiger partial charge >= 0.3 is 0 Å². The highest BCUT2D eigenvalue weighted by atomic mass is 32.2. The maximum Gasteiger partial charge on any atom is 0.191 e. The fourth-order valence-electron chi connectivity index (χ4n) is 2.01. The van der Waals surface area contributed by atoms with Gasteiger partial charge in [0.25, 0.3) is 0 Å². The van der Waals surface area contributed by atoms with Gasteiger partial charge in [0.1, 0.15) is 5.76 Å². The molecule has 1 unspecified atom stereocenters. The van der Waals surface area contributed by atoms with Crippen LogP contribution in [-0.2, 0) is 13.0 Å². The van der Waals surface area contributed by atoms with Crippen molar-refractivity contribution in [3.63, 3.8) is 0 Å². The van der Waals surface area contributed by atoms with E-state index in [9.17, 15) is 0 Å². The normalized spacial score (nSPS) is 12.9. The van der Waals surface area contributed by atoms with E-state index >= 15 is 0 Å². The van der Waals surface area contributed by atoms with Gasteiger partial charge < -0.3 is 15.1 Å². The van der Waals surface area contributed by atoms with Gasteiger partial charge in [0.15, 0.2) is 5.96 Å². The lowest BCUT2D eigenvalue weighted by Gasteiger charge is -2.15. The molecule has 2 rings (SSSR count). The maximum absolute atomic E-state index is 5.36. The number of thioether (sulfide) groups is 1. The van der Waals surface area contributed by atoms with Gasteiger partial charge in [-0.2, -0.15) is 11.8 Å².